The summed E-state index contributed by atoms with van der Waals surface area (Å²) in [6.45, 7) is 5.76. The first-order chi connectivity index (χ1) is 13.1. The number of hydrogen-bond donors (Lipinski definition) is 4. The molecule has 0 radical (unpaired) electrons. The van der Waals surface area contributed by atoms with Gasteiger partial charge in [-0.05, 0) is 13.0 Å². The van der Waals surface area contributed by atoms with E-state index in [9.17, 15) is 0 Å². The second-order valence-electron chi connectivity index (χ2n) is 5.81. The Balaban J connectivity index is 4.59. The first-order valence-corrected chi connectivity index (χ1v) is 12.8. The fourth-order valence-corrected chi connectivity index (χ4v) is 10.6. The Labute approximate surface area is 166 Å². The minimum absolute atomic E-state index is 0.245. The lowest BCUT2D eigenvalue weighted by molar-refractivity contribution is 0.0783. The minimum atomic E-state index is -3.03. The summed E-state index contributed by atoms with van der Waals surface area (Å²) in [6.07, 6.45) is 0.682. The number of rotatable bonds is 19. The Morgan fingerprint density at radius 3 is 1.26 bits per heavy atom. The van der Waals surface area contributed by atoms with Crippen molar-refractivity contribution in [2.24, 2.45) is 5.73 Å². The van der Waals surface area contributed by atoms with Gasteiger partial charge in [0.2, 0.25) is 0 Å². The van der Waals surface area contributed by atoms with Gasteiger partial charge in [-0.25, -0.2) is 0 Å². The van der Waals surface area contributed by atoms with E-state index >= 15 is 0 Å². The molecule has 164 valence electrons. The molecule has 0 aromatic heterocycles. The van der Waals surface area contributed by atoms with Gasteiger partial charge in [0.1, 0.15) is 5.16 Å². The van der Waals surface area contributed by atoms with E-state index in [1.807, 2.05) is 0 Å². The molecular weight excluding hydrogens is 388 g/mol. The van der Waals surface area contributed by atoms with Crippen LogP contribution in [-0.4, -0.2) is 106 Å². The molecule has 0 atom stereocenters. The highest BCUT2D eigenvalue weighted by molar-refractivity contribution is 6.82. The van der Waals surface area contributed by atoms with E-state index in [4.69, 9.17) is 32.3 Å². The summed E-state index contributed by atoms with van der Waals surface area (Å²) in [7, 11) is 3.46. The van der Waals surface area contributed by atoms with Gasteiger partial charge in [-0.2, -0.15) is 0 Å². The van der Waals surface area contributed by atoms with Crippen LogP contribution in [0.3, 0.4) is 0 Å². The predicted octanol–water partition coefficient (Wildman–Crippen LogP) is -1.23. The smallest absolute Gasteiger partial charge is 0.377 e. The first-order valence-electron chi connectivity index (χ1n) is 9.19. The van der Waals surface area contributed by atoms with Crippen molar-refractivity contribution in [3.05, 3.63) is 0 Å². The molecule has 0 aromatic carbocycles. The highest BCUT2D eigenvalue weighted by Crippen LogP contribution is 2.37. The molecule has 0 spiro atoms. The minimum Gasteiger partial charge on any atom is -0.377 e. The molecule has 0 rings (SSSR count). The molecule has 0 heterocycles. The van der Waals surface area contributed by atoms with Gasteiger partial charge in [0.25, 0.3) is 0 Å². The average Bonchev–Trinajstić information content (AvgIpc) is 2.72. The van der Waals surface area contributed by atoms with Crippen LogP contribution in [0.2, 0.25) is 5.16 Å². The Morgan fingerprint density at radius 2 is 0.926 bits per heavy atom. The lowest BCUT2D eigenvalue weighted by Crippen LogP contribution is -2.62. The van der Waals surface area contributed by atoms with Gasteiger partial charge >= 0.3 is 17.6 Å². The van der Waals surface area contributed by atoms with Crippen LogP contribution in [0.15, 0.2) is 0 Å². The SMILES string of the molecule is CO[Si](OC)(OC)C(CCNCCNCCNCCN)[Si](OC)(OC)OC. The molecule has 5 N–H and O–H groups in total. The molecule has 0 fully saturated rings. The number of nitrogens with one attached hydrogen (secondary N) is 3. The van der Waals surface area contributed by atoms with Crippen molar-refractivity contribution in [1.29, 1.82) is 0 Å². The predicted molar refractivity (Wildman–Crippen MR) is 110 cm³/mol. The zero-order valence-electron chi connectivity index (χ0n) is 17.8. The van der Waals surface area contributed by atoms with Crippen molar-refractivity contribution in [1.82, 2.24) is 16.0 Å². The maximum absolute atomic E-state index is 5.69. The maximum Gasteiger partial charge on any atom is 0.508 e. The van der Waals surface area contributed by atoms with E-state index in [1.165, 1.54) is 0 Å². The topological polar surface area (TPSA) is 117 Å². The van der Waals surface area contributed by atoms with Gasteiger partial charge < -0.3 is 48.2 Å². The third-order valence-corrected chi connectivity index (χ3v) is 12.3. The molecule has 0 saturated heterocycles. The Bertz CT molecular complexity index is 316. The zero-order valence-corrected chi connectivity index (χ0v) is 19.8. The lowest BCUT2D eigenvalue weighted by Gasteiger charge is -2.39. The molecule has 0 aliphatic rings. The molecule has 0 aliphatic carbocycles. The van der Waals surface area contributed by atoms with Gasteiger partial charge in [-0.1, -0.05) is 0 Å². The van der Waals surface area contributed by atoms with Gasteiger partial charge in [-0.15, -0.1) is 0 Å². The molecule has 0 amide bonds. The average molecular weight is 429 g/mol. The molecular formula is C15H40N4O6Si2. The largest absolute Gasteiger partial charge is 0.508 e. The van der Waals surface area contributed by atoms with Crippen LogP contribution in [-0.2, 0) is 26.6 Å². The lowest BCUT2D eigenvalue weighted by atomic mass is 10.4. The van der Waals surface area contributed by atoms with Crippen molar-refractivity contribution in [2.45, 2.75) is 11.6 Å². The van der Waals surface area contributed by atoms with Crippen molar-refractivity contribution >= 4 is 17.6 Å². The second-order valence-corrected chi connectivity index (χ2v) is 12.6. The van der Waals surface area contributed by atoms with E-state index in [-0.39, 0.29) is 5.16 Å². The van der Waals surface area contributed by atoms with Crippen LogP contribution >= 0.6 is 0 Å². The van der Waals surface area contributed by atoms with Crippen LogP contribution in [0, 0.1) is 0 Å². The highest BCUT2D eigenvalue weighted by Gasteiger charge is 2.63. The fourth-order valence-electron chi connectivity index (χ4n) is 3.00. The Morgan fingerprint density at radius 1 is 0.593 bits per heavy atom. The van der Waals surface area contributed by atoms with E-state index in [0.29, 0.717) is 13.0 Å². The standard InChI is InChI=1S/C15H40N4O6Si2/c1-20-26(21-2,22-3)15(27(23-4,24-5)25-6)7-9-17-11-13-19-14-12-18-10-8-16/h15,17-19H,7-14,16H2,1-6H3. The Hall–Kier alpha value is 0.0338. The van der Waals surface area contributed by atoms with Crippen LogP contribution < -0.4 is 21.7 Å². The van der Waals surface area contributed by atoms with E-state index in [1.54, 1.807) is 42.7 Å². The normalized spacial score (nSPS) is 12.9. The van der Waals surface area contributed by atoms with E-state index in [2.05, 4.69) is 16.0 Å². The third kappa shape index (κ3) is 8.51. The van der Waals surface area contributed by atoms with E-state index < -0.39 is 17.6 Å². The summed E-state index contributed by atoms with van der Waals surface area (Å²) in [5.74, 6) is 0. The van der Waals surface area contributed by atoms with Crippen LogP contribution in [0.25, 0.3) is 0 Å². The summed E-state index contributed by atoms with van der Waals surface area (Å²) < 4.78 is 34.1. The molecule has 0 bridgehead atoms. The summed E-state index contributed by atoms with van der Waals surface area (Å²) in [4.78, 5) is 0. The van der Waals surface area contributed by atoms with Crippen molar-refractivity contribution in [3.63, 3.8) is 0 Å². The maximum atomic E-state index is 5.69. The molecule has 0 unspecified atom stereocenters. The van der Waals surface area contributed by atoms with Crippen LogP contribution in [0.4, 0.5) is 0 Å². The second kappa shape index (κ2) is 15.9. The van der Waals surface area contributed by atoms with Gasteiger partial charge in [0.05, 0.1) is 0 Å². The first kappa shape index (κ1) is 27.0. The monoisotopic (exact) mass is 428 g/mol. The van der Waals surface area contributed by atoms with E-state index in [0.717, 1.165) is 39.3 Å². The molecule has 0 aromatic rings. The number of hydrogen-bond acceptors (Lipinski definition) is 10. The van der Waals surface area contributed by atoms with Gasteiger partial charge in [0.15, 0.2) is 0 Å². The molecule has 0 saturated carbocycles. The number of nitrogens with two attached hydrogens (primary N) is 1. The van der Waals surface area contributed by atoms with Crippen LogP contribution in [0.5, 0.6) is 0 Å². The van der Waals surface area contributed by atoms with Crippen molar-refractivity contribution in [3.8, 4) is 0 Å². The molecule has 27 heavy (non-hydrogen) atoms. The highest BCUT2D eigenvalue weighted by atomic mass is 28.5. The summed E-state index contributed by atoms with van der Waals surface area (Å²) in [5.41, 5.74) is 5.43. The summed E-state index contributed by atoms with van der Waals surface area (Å²) in [5, 5.41) is 9.78. The molecule has 12 heteroatoms. The van der Waals surface area contributed by atoms with Gasteiger partial charge in [-0.3, -0.25) is 0 Å². The third-order valence-electron chi connectivity index (χ3n) is 4.45. The summed E-state index contributed by atoms with van der Waals surface area (Å²) >= 11 is 0. The quantitative estimate of drug-likeness (QED) is 0.147. The Kier molecular flexibility index (Phi) is 15.9. The molecule has 10 nitrogen and oxygen atoms in total. The molecule has 0 aliphatic heterocycles. The fraction of sp³-hybridized carbons (Fsp3) is 1.00. The van der Waals surface area contributed by atoms with Crippen molar-refractivity contribution in [2.75, 3.05) is 88.5 Å². The van der Waals surface area contributed by atoms with Crippen LogP contribution in [0.1, 0.15) is 6.42 Å². The summed E-state index contributed by atoms with van der Waals surface area (Å²) in [6, 6.07) is 0. The van der Waals surface area contributed by atoms with Gasteiger partial charge in [0, 0.05) is 81.9 Å². The van der Waals surface area contributed by atoms with Crippen molar-refractivity contribution < 1.29 is 26.6 Å². The zero-order chi connectivity index (χ0) is 20.6.